The molecule has 0 aliphatic carbocycles. The first kappa shape index (κ1) is 19.8. The largest absolute Gasteiger partial charge is 0.460 e. The molecule has 0 spiro atoms. The maximum Gasteiger partial charge on any atom is 0.308 e. The number of hydrogen-bond donors (Lipinski definition) is 1. The smallest absolute Gasteiger partial charge is 0.308 e. The van der Waals surface area contributed by atoms with E-state index in [1.54, 1.807) is 0 Å². The fourth-order valence-corrected chi connectivity index (χ4v) is 8.53. The van der Waals surface area contributed by atoms with Gasteiger partial charge in [-0.1, -0.05) is 81.4 Å². The second-order valence-corrected chi connectivity index (χ2v) is 12.5. The Morgan fingerprint density at radius 3 is 2.00 bits per heavy atom. The van der Waals surface area contributed by atoms with Crippen LogP contribution in [0.15, 0.2) is 60.7 Å². The highest BCUT2D eigenvalue weighted by molar-refractivity contribution is 6.99. The summed E-state index contributed by atoms with van der Waals surface area (Å²) in [5, 5.41) is 12.2. The van der Waals surface area contributed by atoms with E-state index < -0.39 is 20.5 Å². The summed E-state index contributed by atoms with van der Waals surface area (Å²) in [6.07, 6.45) is -0.582. The summed E-state index contributed by atoms with van der Waals surface area (Å²) in [6.45, 7) is 6.92. The van der Waals surface area contributed by atoms with E-state index in [0.29, 0.717) is 6.42 Å². The van der Waals surface area contributed by atoms with Gasteiger partial charge >= 0.3 is 5.97 Å². The van der Waals surface area contributed by atoms with E-state index in [9.17, 15) is 9.90 Å². The van der Waals surface area contributed by atoms with Crippen molar-refractivity contribution in [2.24, 2.45) is 0 Å². The Morgan fingerprint density at radius 2 is 1.56 bits per heavy atom. The molecule has 2 aromatic carbocycles. The number of aliphatic hydroxyl groups excluding tert-OH is 1. The minimum atomic E-state index is -2.65. The molecule has 27 heavy (non-hydrogen) atoms. The van der Waals surface area contributed by atoms with Crippen molar-refractivity contribution < 1.29 is 19.1 Å². The van der Waals surface area contributed by atoms with Gasteiger partial charge in [-0.05, 0) is 15.4 Å². The van der Waals surface area contributed by atoms with Crippen molar-refractivity contribution in [1.82, 2.24) is 0 Å². The van der Waals surface area contributed by atoms with Gasteiger partial charge in [0.15, 0.2) is 0 Å². The lowest BCUT2D eigenvalue weighted by molar-refractivity contribution is -0.162. The number of rotatable bonds is 5. The van der Waals surface area contributed by atoms with Crippen LogP contribution in [0, 0.1) is 0 Å². The molecule has 1 unspecified atom stereocenters. The molecule has 3 rings (SSSR count). The molecule has 1 heterocycles. The van der Waals surface area contributed by atoms with Crippen molar-refractivity contribution in [3.63, 3.8) is 0 Å². The second kappa shape index (κ2) is 7.96. The zero-order valence-corrected chi connectivity index (χ0v) is 17.2. The number of carbonyl (C=O) groups excluding carboxylic acids is 1. The second-order valence-electron chi connectivity index (χ2n) is 8.18. The summed E-state index contributed by atoms with van der Waals surface area (Å²) in [5.74, 6) is -0.357. The van der Waals surface area contributed by atoms with E-state index in [4.69, 9.17) is 9.16 Å². The molecule has 0 aromatic heterocycles. The standard InChI is InChI=1S/C22H28O4Si/c1-22(2,3)27(19-10-6-4-7-11-19,20-12-8-5-9-13-20)25-16-18-14-17(23)15-21(24)26-18/h4-13,17-18,23H,14-16H2,1-3H3/t17-,18?/m0/s1. The molecule has 2 aromatic rings. The summed E-state index contributed by atoms with van der Waals surface area (Å²) < 4.78 is 12.2. The highest BCUT2D eigenvalue weighted by Crippen LogP contribution is 2.37. The molecule has 1 fully saturated rings. The fraction of sp³-hybridized carbons (Fsp3) is 0.409. The number of aliphatic hydroxyl groups is 1. The van der Waals surface area contributed by atoms with Gasteiger partial charge in [-0.15, -0.1) is 0 Å². The molecule has 0 amide bonds. The summed E-state index contributed by atoms with van der Waals surface area (Å²) in [5.41, 5.74) is 0. The zero-order chi connectivity index (χ0) is 19.5. The highest BCUT2D eigenvalue weighted by atomic mass is 28.4. The number of ether oxygens (including phenoxy) is 1. The lowest BCUT2D eigenvalue weighted by Crippen LogP contribution is -2.67. The van der Waals surface area contributed by atoms with Crippen LogP contribution in [0.25, 0.3) is 0 Å². The van der Waals surface area contributed by atoms with Crippen molar-refractivity contribution in [1.29, 1.82) is 0 Å². The van der Waals surface area contributed by atoms with Crippen molar-refractivity contribution in [2.75, 3.05) is 6.61 Å². The number of carbonyl (C=O) groups is 1. The number of benzene rings is 2. The topological polar surface area (TPSA) is 55.8 Å². The molecule has 2 atom stereocenters. The SMILES string of the molecule is CC(C)(C)[Si](OCC1C[C@H](O)CC(=O)O1)(c1ccccc1)c1ccccc1. The Labute approximate surface area is 162 Å². The maximum absolute atomic E-state index is 11.7. The summed E-state index contributed by atoms with van der Waals surface area (Å²) in [6, 6.07) is 20.7. The molecular weight excluding hydrogens is 356 g/mol. The third kappa shape index (κ3) is 4.15. The number of esters is 1. The molecule has 4 nitrogen and oxygen atoms in total. The Morgan fingerprint density at radius 1 is 1.04 bits per heavy atom. The van der Waals surface area contributed by atoms with Gasteiger partial charge in [-0.3, -0.25) is 4.79 Å². The van der Waals surface area contributed by atoms with Crippen LogP contribution < -0.4 is 10.4 Å². The summed E-state index contributed by atoms with van der Waals surface area (Å²) in [7, 11) is -2.65. The summed E-state index contributed by atoms with van der Waals surface area (Å²) >= 11 is 0. The van der Waals surface area contributed by atoms with Crippen LogP contribution in [0.5, 0.6) is 0 Å². The van der Waals surface area contributed by atoms with E-state index in [-0.39, 0.29) is 24.0 Å². The fourth-order valence-electron chi connectivity index (χ4n) is 3.94. The van der Waals surface area contributed by atoms with Crippen molar-refractivity contribution in [2.45, 2.75) is 50.9 Å². The van der Waals surface area contributed by atoms with E-state index >= 15 is 0 Å². The van der Waals surface area contributed by atoms with Crippen LogP contribution >= 0.6 is 0 Å². The van der Waals surface area contributed by atoms with Crippen LogP contribution in [0.4, 0.5) is 0 Å². The molecule has 144 valence electrons. The van der Waals surface area contributed by atoms with Crippen molar-refractivity contribution >= 4 is 24.7 Å². The minimum Gasteiger partial charge on any atom is -0.460 e. The minimum absolute atomic E-state index is 0.0652. The molecule has 0 bridgehead atoms. The van der Waals surface area contributed by atoms with Crippen LogP contribution in [-0.2, 0) is 14.0 Å². The van der Waals surface area contributed by atoms with Gasteiger partial charge in [0.1, 0.15) is 6.10 Å². The average molecular weight is 385 g/mol. The monoisotopic (exact) mass is 384 g/mol. The van der Waals surface area contributed by atoms with Gasteiger partial charge in [-0.25, -0.2) is 0 Å². The zero-order valence-electron chi connectivity index (χ0n) is 16.2. The van der Waals surface area contributed by atoms with Gasteiger partial charge in [-0.2, -0.15) is 0 Å². The third-order valence-electron chi connectivity index (χ3n) is 5.14. The maximum atomic E-state index is 11.7. The van der Waals surface area contributed by atoms with Crippen LogP contribution in [0.1, 0.15) is 33.6 Å². The lowest BCUT2D eigenvalue weighted by atomic mass is 10.1. The van der Waals surface area contributed by atoms with Crippen molar-refractivity contribution in [3.8, 4) is 0 Å². The van der Waals surface area contributed by atoms with Gasteiger partial charge in [0.05, 0.1) is 19.1 Å². The van der Waals surface area contributed by atoms with E-state index in [0.717, 1.165) is 0 Å². The Balaban J connectivity index is 2.00. The lowest BCUT2D eigenvalue weighted by Gasteiger charge is -2.44. The molecule has 1 saturated heterocycles. The molecule has 0 radical (unpaired) electrons. The first-order valence-electron chi connectivity index (χ1n) is 9.45. The molecule has 1 aliphatic rings. The van der Waals surface area contributed by atoms with Crippen LogP contribution in [0.3, 0.4) is 0 Å². The average Bonchev–Trinajstić information content (AvgIpc) is 2.62. The normalized spacial score (nSPS) is 21.0. The number of hydrogen-bond acceptors (Lipinski definition) is 4. The predicted octanol–water partition coefficient (Wildman–Crippen LogP) is 2.63. The Kier molecular flexibility index (Phi) is 5.84. The first-order valence-corrected chi connectivity index (χ1v) is 11.4. The molecule has 1 N–H and O–H groups in total. The van der Waals surface area contributed by atoms with E-state index in [2.05, 4.69) is 45.0 Å². The summed E-state index contributed by atoms with van der Waals surface area (Å²) in [4.78, 5) is 11.7. The van der Waals surface area contributed by atoms with Gasteiger partial charge in [0.25, 0.3) is 8.32 Å². The predicted molar refractivity (Wildman–Crippen MR) is 109 cm³/mol. The van der Waals surface area contributed by atoms with Crippen molar-refractivity contribution in [3.05, 3.63) is 60.7 Å². The van der Waals surface area contributed by atoms with Gasteiger partial charge < -0.3 is 14.3 Å². The quantitative estimate of drug-likeness (QED) is 0.636. The molecular formula is C22H28O4Si. The number of cyclic esters (lactones) is 1. The van der Waals surface area contributed by atoms with E-state index in [1.807, 2.05) is 36.4 Å². The molecule has 5 heteroatoms. The molecule has 1 aliphatic heterocycles. The van der Waals surface area contributed by atoms with Crippen LogP contribution in [0.2, 0.25) is 5.04 Å². The Bertz CT molecular complexity index is 715. The van der Waals surface area contributed by atoms with E-state index in [1.165, 1.54) is 10.4 Å². The first-order chi connectivity index (χ1) is 12.8. The third-order valence-corrected chi connectivity index (χ3v) is 10.1. The molecule has 0 saturated carbocycles. The highest BCUT2D eigenvalue weighted by Gasteiger charge is 2.50. The van der Waals surface area contributed by atoms with Gasteiger partial charge in [0, 0.05) is 6.42 Å². The van der Waals surface area contributed by atoms with Crippen LogP contribution in [-0.4, -0.2) is 38.2 Å². The Hall–Kier alpha value is -1.95. The van der Waals surface area contributed by atoms with Gasteiger partial charge in [0.2, 0.25) is 0 Å².